The Hall–Kier alpha value is -2.67. The molecule has 102 valence electrons. The predicted molar refractivity (Wildman–Crippen MR) is 77.9 cm³/mol. The summed E-state index contributed by atoms with van der Waals surface area (Å²) >= 11 is 0. The first-order valence-electron chi connectivity index (χ1n) is 6.27. The zero-order valence-corrected chi connectivity index (χ0v) is 11.4. The lowest BCUT2D eigenvalue weighted by atomic mass is 10.1. The van der Waals surface area contributed by atoms with Crippen LogP contribution in [0.1, 0.15) is 24.1 Å². The number of hydrogen-bond donors (Lipinski definition) is 2. The molecule has 0 fully saturated rings. The van der Waals surface area contributed by atoms with Crippen molar-refractivity contribution in [3.05, 3.63) is 53.6 Å². The number of phenolic OH excluding ortho intramolecular Hbond substituents is 1. The number of aromatic hydroxyl groups is 1. The summed E-state index contributed by atoms with van der Waals surface area (Å²) in [6.45, 7) is 2.02. The molecule has 0 heterocycles. The van der Waals surface area contributed by atoms with Crippen LogP contribution in [0.4, 0.5) is 5.69 Å². The number of phenols is 1. The van der Waals surface area contributed by atoms with E-state index >= 15 is 0 Å². The number of anilines is 1. The maximum absolute atomic E-state index is 9.59. The first kappa shape index (κ1) is 13.8. The highest BCUT2D eigenvalue weighted by Crippen LogP contribution is 2.30. The Balaban J connectivity index is 2.15. The molecule has 1 unspecified atom stereocenters. The first-order chi connectivity index (χ1) is 9.63. The summed E-state index contributed by atoms with van der Waals surface area (Å²) < 4.78 is 5.10. The lowest BCUT2D eigenvalue weighted by molar-refractivity contribution is 0.373. The molecular weight excluding hydrogens is 252 g/mol. The van der Waals surface area contributed by atoms with Crippen LogP contribution in [0.15, 0.2) is 42.5 Å². The standard InChI is InChI=1S/C16H16N2O2/c1-11(13-5-8-15(19)16(9-13)20-2)18-14-6-3-12(10-17)4-7-14/h3-9,11,18-19H,1-2H3. The van der Waals surface area contributed by atoms with Crippen LogP contribution in [0.2, 0.25) is 0 Å². The van der Waals surface area contributed by atoms with Gasteiger partial charge >= 0.3 is 0 Å². The van der Waals surface area contributed by atoms with E-state index in [1.807, 2.05) is 25.1 Å². The fourth-order valence-corrected chi connectivity index (χ4v) is 1.94. The first-order valence-corrected chi connectivity index (χ1v) is 6.27. The number of methoxy groups -OCH3 is 1. The molecule has 0 aliphatic rings. The molecule has 0 amide bonds. The minimum Gasteiger partial charge on any atom is -0.504 e. The smallest absolute Gasteiger partial charge is 0.160 e. The molecule has 0 saturated carbocycles. The Bertz CT molecular complexity index is 630. The molecule has 0 aliphatic heterocycles. The van der Waals surface area contributed by atoms with Gasteiger partial charge in [0.25, 0.3) is 0 Å². The second kappa shape index (κ2) is 5.98. The summed E-state index contributed by atoms with van der Waals surface area (Å²) in [4.78, 5) is 0. The van der Waals surface area contributed by atoms with Gasteiger partial charge in [0.05, 0.1) is 18.7 Å². The Morgan fingerprint density at radius 1 is 1.20 bits per heavy atom. The number of ether oxygens (including phenoxy) is 1. The van der Waals surface area contributed by atoms with Crippen molar-refractivity contribution in [3.63, 3.8) is 0 Å². The summed E-state index contributed by atoms with van der Waals surface area (Å²) in [5.41, 5.74) is 2.57. The number of benzene rings is 2. The third-order valence-electron chi connectivity index (χ3n) is 3.10. The maximum Gasteiger partial charge on any atom is 0.160 e. The Kier molecular flexibility index (Phi) is 4.11. The van der Waals surface area contributed by atoms with E-state index in [4.69, 9.17) is 10.00 Å². The maximum atomic E-state index is 9.59. The number of nitriles is 1. The van der Waals surface area contributed by atoms with Crippen molar-refractivity contribution in [2.75, 3.05) is 12.4 Å². The molecule has 2 N–H and O–H groups in total. The van der Waals surface area contributed by atoms with Gasteiger partial charge in [0.15, 0.2) is 11.5 Å². The summed E-state index contributed by atoms with van der Waals surface area (Å²) in [7, 11) is 1.53. The van der Waals surface area contributed by atoms with Gasteiger partial charge in [-0.15, -0.1) is 0 Å². The average Bonchev–Trinajstić information content (AvgIpc) is 2.48. The highest BCUT2D eigenvalue weighted by molar-refractivity contribution is 5.50. The van der Waals surface area contributed by atoms with Crippen molar-refractivity contribution >= 4 is 5.69 Å². The van der Waals surface area contributed by atoms with Gasteiger partial charge in [0.2, 0.25) is 0 Å². The summed E-state index contributed by atoms with van der Waals surface area (Å²) in [5.74, 6) is 0.581. The SMILES string of the molecule is COc1cc(C(C)Nc2ccc(C#N)cc2)ccc1O. The Morgan fingerprint density at radius 3 is 2.50 bits per heavy atom. The van der Waals surface area contributed by atoms with E-state index in [1.54, 1.807) is 24.3 Å². The topological polar surface area (TPSA) is 65.3 Å². The average molecular weight is 268 g/mol. The molecule has 2 aromatic rings. The van der Waals surface area contributed by atoms with Crippen LogP contribution in [0.25, 0.3) is 0 Å². The van der Waals surface area contributed by atoms with Gasteiger partial charge < -0.3 is 15.2 Å². The van der Waals surface area contributed by atoms with E-state index < -0.39 is 0 Å². The van der Waals surface area contributed by atoms with Crippen LogP contribution < -0.4 is 10.1 Å². The van der Waals surface area contributed by atoms with E-state index in [0.29, 0.717) is 11.3 Å². The summed E-state index contributed by atoms with van der Waals surface area (Å²) in [6, 6.07) is 14.7. The third-order valence-corrected chi connectivity index (χ3v) is 3.10. The van der Waals surface area contributed by atoms with Crippen molar-refractivity contribution in [3.8, 4) is 17.6 Å². The fraction of sp³-hybridized carbons (Fsp3) is 0.188. The van der Waals surface area contributed by atoms with Crippen molar-refractivity contribution in [2.45, 2.75) is 13.0 Å². The normalized spacial score (nSPS) is 11.4. The predicted octanol–water partition coefficient (Wildman–Crippen LogP) is 3.45. The van der Waals surface area contributed by atoms with Crippen molar-refractivity contribution in [2.24, 2.45) is 0 Å². The molecule has 0 bridgehead atoms. The van der Waals surface area contributed by atoms with Crippen molar-refractivity contribution in [1.82, 2.24) is 0 Å². The van der Waals surface area contributed by atoms with Crippen LogP contribution >= 0.6 is 0 Å². The van der Waals surface area contributed by atoms with E-state index in [-0.39, 0.29) is 11.8 Å². The molecule has 2 rings (SSSR count). The molecule has 0 aromatic heterocycles. The van der Waals surface area contributed by atoms with Crippen molar-refractivity contribution < 1.29 is 9.84 Å². The van der Waals surface area contributed by atoms with Gasteiger partial charge in [0.1, 0.15) is 0 Å². The van der Waals surface area contributed by atoms with Crippen LogP contribution in [0, 0.1) is 11.3 Å². The highest BCUT2D eigenvalue weighted by Gasteiger charge is 2.09. The zero-order valence-electron chi connectivity index (χ0n) is 11.4. The molecule has 0 saturated heterocycles. The van der Waals surface area contributed by atoms with Crippen LogP contribution in [-0.4, -0.2) is 12.2 Å². The van der Waals surface area contributed by atoms with Gasteiger partial charge in [-0.3, -0.25) is 0 Å². The number of rotatable bonds is 4. The molecule has 2 aromatic carbocycles. The molecule has 20 heavy (non-hydrogen) atoms. The van der Waals surface area contributed by atoms with Crippen molar-refractivity contribution in [1.29, 1.82) is 5.26 Å². The Labute approximate surface area is 118 Å². The van der Waals surface area contributed by atoms with E-state index in [0.717, 1.165) is 11.3 Å². The minimum absolute atomic E-state index is 0.0532. The fourth-order valence-electron chi connectivity index (χ4n) is 1.94. The van der Waals surface area contributed by atoms with Gasteiger partial charge in [-0.2, -0.15) is 5.26 Å². The van der Waals surface area contributed by atoms with Crippen LogP contribution in [-0.2, 0) is 0 Å². The van der Waals surface area contributed by atoms with E-state index in [2.05, 4.69) is 11.4 Å². The zero-order chi connectivity index (χ0) is 14.5. The number of nitrogens with zero attached hydrogens (tertiary/aromatic N) is 1. The monoisotopic (exact) mass is 268 g/mol. The lowest BCUT2D eigenvalue weighted by Crippen LogP contribution is -2.06. The molecular formula is C16H16N2O2. The van der Waals surface area contributed by atoms with Crippen LogP contribution in [0.5, 0.6) is 11.5 Å². The third kappa shape index (κ3) is 3.01. The van der Waals surface area contributed by atoms with Gasteiger partial charge in [0, 0.05) is 11.7 Å². The van der Waals surface area contributed by atoms with Gasteiger partial charge in [-0.05, 0) is 48.9 Å². The Morgan fingerprint density at radius 2 is 1.90 bits per heavy atom. The summed E-state index contributed by atoms with van der Waals surface area (Å²) in [5, 5.41) is 21.7. The largest absolute Gasteiger partial charge is 0.504 e. The second-order valence-electron chi connectivity index (χ2n) is 4.49. The van der Waals surface area contributed by atoms with E-state index in [9.17, 15) is 5.11 Å². The van der Waals surface area contributed by atoms with Gasteiger partial charge in [-0.25, -0.2) is 0 Å². The number of nitrogens with one attached hydrogen (secondary N) is 1. The quantitative estimate of drug-likeness (QED) is 0.891. The summed E-state index contributed by atoms with van der Waals surface area (Å²) in [6.07, 6.45) is 0. The molecule has 0 radical (unpaired) electrons. The van der Waals surface area contributed by atoms with E-state index in [1.165, 1.54) is 7.11 Å². The minimum atomic E-state index is 0.0532. The van der Waals surface area contributed by atoms with Crippen LogP contribution in [0.3, 0.4) is 0 Å². The molecule has 1 atom stereocenters. The second-order valence-corrected chi connectivity index (χ2v) is 4.49. The molecule has 0 spiro atoms. The highest BCUT2D eigenvalue weighted by atomic mass is 16.5. The lowest BCUT2D eigenvalue weighted by Gasteiger charge is -2.17. The molecule has 0 aliphatic carbocycles. The number of hydrogen-bond acceptors (Lipinski definition) is 4. The molecule has 4 heteroatoms. The molecule has 4 nitrogen and oxygen atoms in total. The van der Waals surface area contributed by atoms with Gasteiger partial charge in [-0.1, -0.05) is 6.07 Å².